The molecule has 0 unspecified atom stereocenters. The predicted molar refractivity (Wildman–Crippen MR) is 43.4 cm³/mol. The molecule has 1 aliphatic rings. The van der Waals surface area contributed by atoms with Gasteiger partial charge < -0.3 is 0 Å². The van der Waals surface area contributed by atoms with Gasteiger partial charge in [-0.25, -0.2) is 0 Å². The van der Waals surface area contributed by atoms with Crippen LogP contribution in [0.4, 0.5) is 0 Å². The second-order valence-corrected chi connectivity index (χ2v) is 2.17. The standard InChI is InChI=1S/C8H12N2/c1-3-7-5-9-10-6-8(7)4-2/h3-4,9-10H,1-2,5-6H2. The van der Waals surface area contributed by atoms with Crippen molar-refractivity contribution in [3.05, 3.63) is 36.5 Å². The molecule has 0 amide bonds. The Balaban J connectivity index is 2.81. The normalized spacial score (nSPS) is 18.8. The topological polar surface area (TPSA) is 24.1 Å². The second-order valence-electron chi connectivity index (χ2n) is 2.17. The number of nitrogens with one attached hydrogen (secondary N) is 2. The molecule has 0 saturated heterocycles. The first-order valence-electron chi connectivity index (χ1n) is 3.31. The first-order valence-corrected chi connectivity index (χ1v) is 3.31. The van der Waals surface area contributed by atoms with Crippen molar-refractivity contribution in [2.24, 2.45) is 0 Å². The lowest BCUT2D eigenvalue weighted by molar-refractivity contribution is 0.569. The molecule has 0 aromatic carbocycles. The zero-order valence-corrected chi connectivity index (χ0v) is 5.98. The Bertz CT molecular complexity index is 160. The number of hydrazine groups is 1. The maximum atomic E-state index is 3.71. The number of hydrogen-bond donors (Lipinski definition) is 2. The van der Waals surface area contributed by atoms with Crippen molar-refractivity contribution in [2.75, 3.05) is 13.1 Å². The average molecular weight is 136 g/mol. The number of rotatable bonds is 2. The van der Waals surface area contributed by atoms with Crippen LogP contribution in [0, 0.1) is 0 Å². The van der Waals surface area contributed by atoms with E-state index in [1.807, 2.05) is 12.2 Å². The van der Waals surface area contributed by atoms with Crippen LogP contribution in [0.25, 0.3) is 0 Å². The Morgan fingerprint density at radius 1 is 1.00 bits per heavy atom. The van der Waals surface area contributed by atoms with E-state index in [0.29, 0.717) is 0 Å². The van der Waals surface area contributed by atoms with Crippen LogP contribution >= 0.6 is 0 Å². The van der Waals surface area contributed by atoms with Gasteiger partial charge in [0.05, 0.1) is 0 Å². The molecule has 0 bridgehead atoms. The van der Waals surface area contributed by atoms with Crippen LogP contribution in [0.1, 0.15) is 0 Å². The number of hydrogen-bond acceptors (Lipinski definition) is 2. The molecule has 0 atom stereocenters. The van der Waals surface area contributed by atoms with E-state index in [2.05, 4.69) is 24.0 Å². The van der Waals surface area contributed by atoms with Gasteiger partial charge in [-0.05, 0) is 11.1 Å². The van der Waals surface area contributed by atoms with E-state index in [1.165, 1.54) is 11.1 Å². The van der Waals surface area contributed by atoms with Gasteiger partial charge in [0, 0.05) is 13.1 Å². The fourth-order valence-electron chi connectivity index (χ4n) is 0.949. The molecule has 0 fully saturated rings. The van der Waals surface area contributed by atoms with Crippen molar-refractivity contribution in [1.29, 1.82) is 0 Å². The smallest absolute Gasteiger partial charge is 0.0354 e. The molecule has 2 N–H and O–H groups in total. The fourth-order valence-corrected chi connectivity index (χ4v) is 0.949. The summed E-state index contributed by atoms with van der Waals surface area (Å²) in [5.41, 5.74) is 8.51. The van der Waals surface area contributed by atoms with E-state index < -0.39 is 0 Å². The minimum atomic E-state index is 0.838. The molecule has 0 radical (unpaired) electrons. The molecule has 2 heteroatoms. The van der Waals surface area contributed by atoms with E-state index in [0.717, 1.165) is 13.1 Å². The highest BCUT2D eigenvalue weighted by atomic mass is 15.4. The summed E-state index contributed by atoms with van der Waals surface area (Å²) >= 11 is 0. The molecule has 0 aromatic rings. The first-order chi connectivity index (χ1) is 4.88. The van der Waals surface area contributed by atoms with Crippen molar-refractivity contribution in [3.8, 4) is 0 Å². The summed E-state index contributed by atoms with van der Waals surface area (Å²) in [6.45, 7) is 9.09. The molecular weight excluding hydrogens is 124 g/mol. The summed E-state index contributed by atoms with van der Waals surface area (Å²) in [6, 6.07) is 0. The van der Waals surface area contributed by atoms with Gasteiger partial charge in [0.1, 0.15) is 0 Å². The third kappa shape index (κ3) is 1.35. The Morgan fingerprint density at radius 2 is 1.40 bits per heavy atom. The summed E-state index contributed by atoms with van der Waals surface area (Å²) in [4.78, 5) is 0. The van der Waals surface area contributed by atoms with Crippen LogP contribution in [0.15, 0.2) is 36.5 Å². The zero-order valence-electron chi connectivity index (χ0n) is 5.98. The van der Waals surface area contributed by atoms with Crippen molar-refractivity contribution in [3.63, 3.8) is 0 Å². The Hall–Kier alpha value is -0.860. The minimum Gasteiger partial charge on any atom is -0.253 e. The molecule has 0 saturated carbocycles. The second kappa shape index (κ2) is 3.34. The summed E-state index contributed by atoms with van der Waals surface area (Å²) in [5, 5.41) is 0. The largest absolute Gasteiger partial charge is 0.253 e. The molecule has 10 heavy (non-hydrogen) atoms. The average Bonchev–Trinajstić information content (AvgIpc) is 2.04. The Kier molecular flexibility index (Phi) is 2.42. The van der Waals surface area contributed by atoms with Gasteiger partial charge in [0.25, 0.3) is 0 Å². The molecule has 2 nitrogen and oxygen atoms in total. The lowest BCUT2D eigenvalue weighted by Gasteiger charge is -2.17. The lowest BCUT2D eigenvalue weighted by atomic mass is 10.1. The first kappa shape index (κ1) is 7.25. The molecule has 1 aliphatic heterocycles. The maximum Gasteiger partial charge on any atom is 0.0354 e. The van der Waals surface area contributed by atoms with Crippen molar-refractivity contribution in [1.82, 2.24) is 10.9 Å². The van der Waals surface area contributed by atoms with Crippen LogP contribution < -0.4 is 10.9 Å². The van der Waals surface area contributed by atoms with Gasteiger partial charge in [-0.1, -0.05) is 25.3 Å². The molecule has 1 heterocycles. The van der Waals surface area contributed by atoms with Crippen LogP contribution in [0.5, 0.6) is 0 Å². The minimum absolute atomic E-state index is 0.838. The van der Waals surface area contributed by atoms with Crippen molar-refractivity contribution < 1.29 is 0 Å². The van der Waals surface area contributed by atoms with Crippen molar-refractivity contribution in [2.45, 2.75) is 0 Å². The van der Waals surface area contributed by atoms with Crippen LogP contribution in [-0.4, -0.2) is 13.1 Å². The molecule has 0 aromatic heterocycles. The lowest BCUT2D eigenvalue weighted by Crippen LogP contribution is -2.39. The van der Waals surface area contributed by atoms with E-state index in [1.54, 1.807) is 0 Å². The molecule has 0 aliphatic carbocycles. The van der Waals surface area contributed by atoms with Gasteiger partial charge in [-0.3, -0.25) is 10.9 Å². The fraction of sp³-hybridized carbons (Fsp3) is 0.250. The SMILES string of the molecule is C=CC1=C(C=C)CNNC1. The van der Waals surface area contributed by atoms with E-state index in [9.17, 15) is 0 Å². The quantitative estimate of drug-likeness (QED) is 0.585. The summed E-state index contributed by atoms with van der Waals surface area (Å²) < 4.78 is 0. The Morgan fingerprint density at radius 3 is 1.70 bits per heavy atom. The predicted octanol–water partition coefficient (Wildman–Crippen LogP) is 0.763. The van der Waals surface area contributed by atoms with E-state index in [-0.39, 0.29) is 0 Å². The van der Waals surface area contributed by atoms with Gasteiger partial charge in [-0.2, -0.15) is 0 Å². The molecule has 54 valence electrons. The zero-order chi connectivity index (χ0) is 7.40. The maximum absolute atomic E-state index is 3.71. The van der Waals surface area contributed by atoms with Gasteiger partial charge in [0.15, 0.2) is 0 Å². The van der Waals surface area contributed by atoms with Gasteiger partial charge in [-0.15, -0.1) is 0 Å². The van der Waals surface area contributed by atoms with E-state index >= 15 is 0 Å². The summed E-state index contributed by atoms with van der Waals surface area (Å²) in [7, 11) is 0. The third-order valence-electron chi connectivity index (χ3n) is 1.59. The summed E-state index contributed by atoms with van der Waals surface area (Å²) in [5.74, 6) is 0. The van der Waals surface area contributed by atoms with Crippen LogP contribution in [0.2, 0.25) is 0 Å². The third-order valence-corrected chi connectivity index (χ3v) is 1.59. The highest BCUT2D eigenvalue weighted by molar-refractivity contribution is 5.34. The highest BCUT2D eigenvalue weighted by Crippen LogP contribution is 2.06. The summed E-state index contributed by atoms with van der Waals surface area (Å²) in [6.07, 6.45) is 3.73. The van der Waals surface area contributed by atoms with Crippen LogP contribution in [0.3, 0.4) is 0 Å². The van der Waals surface area contributed by atoms with Crippen molar-refractivity contribution >= 4 is 0 Å². The Labute approximate surface area is 61.3 Å². The van der Waals surface area contributed by atoms with Gasteiger partial charge >= 0.3 is 0 Å². The molecule has 1 rings (SSSR count). The van der Waals surface area contributed by atoms with Crippen LogP contribution in [-0.2, 0) is 0 Å². The highest BCUT2D eigenvalue weighted by Gasteiger charge is 2.04. The van der Waals surface area contributed by atoms with Gasteiger partial charge in [0.2, 0.25) is 0 Å². The monoisotopic (exact) mass is 136 g/mol. The molecule has 0 spiro atoms. The van der Waals surface area contributed by atoms with E-state index in [4.69, 9.17) is 0 Å². The molecular formula is C8H12N2.